The largest absolute Gasteiger partial charge is 0.358 e. The highest BCUT2D eigenvalue weighted by atomic mass is 17.2. The Morgan fingerprint density at radius 2 is 2.40 bits per heavy atom. The fourth-order valence-corrected chi connectivity index (χ4v) is 1.69. The summed E-state index contributed by atoms with van der Waals surface area (Å²) in [4.78, 5) is 33.6. The van der Waals surface area contributed by atoms with E-state index < -0.39 is 11.4 Å². The van der Waals surface area contributed by atoms with Crippen LogP contribution in [0.4, 0.5) is 0 Å². The molecular weight excluding hydrogens is 198 g/mol. The molecule has 1 saturated heterocycles. The van der Waals surface area contributed by atoms with Crippen LogP contribution in [0.3, 0.4) is 0 Å². The molecular formula is C10H13NO4. The predicted molar refractivity (Wildman–Crippen MR) is 51.2 cm³/mol. The minimum atomic E-state index is -1.25. The van der Waals surface area contributed by atoms with Gasteiger partial charge in [-0.25, -0.2) is 4.79 Å². The molecule has 0 aliphatic carbocycles. The molecule has 15 heavy (non-hydrogen) atoms. The second-order valence-electron chi connectivity index (χ2n) is 3.48. The van der Waals surface area contributed by atoms with Gasteiger partial charge in [-0.05, 0) is 6.42 Å². The topological polar surface area (TPSA) is 55.8 Å². The van der Waals surface area contributed by atoms with E-state index >= 15 is 0 Å². The molecule has 1 aliphatic rings. The smallest absolute Gasteiger partial charge is 0.345 e. The van der Waals surface area contributed by atoms with Crippen molar-refractivity contribution in [3.05, 3.63) is 0 Å². The van der Waals surface area contributed by atoms with E-state index in [-0.39, 0.29) is 12.3 Å². The van der Waals surface area contributed by atoms with Gasteiger partial charge in [0.05, 0.1) is 7.11 Å². The quantitative estimate of drug-likeness (QED) is 0.284. The molecule has 5 nitrogen and oxygen atoms in total. The molecule has 0 saturated carbocycles. The first-order valence-corrected chi connectivity index (χ1v) is 4.52. The number of nitrogens with zero attached hydrogens (tertiary/aromatic N) is 1. The third-order valence-corrected chi connectivity index (χ3v) is 2.58. The highest BCUT2D eigenvalue weighted by molar-refractivity contribution is 6.04. The lowest BCUT2D eigenvalue weighted by molar-refractivity contribution is -0.263. The van der Waals surface area contributed by atoms with Crippen molar-refractivity contribution >= 4 is 11.9 Å². The molecule has 0 spiro atoms. The van der Waals surface area contributed by atoms with Crippen molar-refractivity contribution in [1.29, 1.82) is 0 Å². The molecule has 0 radical (unpaired) electrons. The number of amides is 1. The van der Waals surface area contributed by atoms with Gasteiger partial charge in [0.1, 0.15) is 0 Å². The summed E-state index contributed by atoms with van der Waals surface area (Å²) < 4.78 is 0. The summed E-state index contributed by atoms with van der Waals surface area (Å²) in [5.74, 6) is 1.32. The third-order valence-electron chi connectivity index (χ3n) is 2.58. The summed E-state index contributed by atoms with van der Waals surface area (Å²) in [5.41, 5.74) is -1.25. The number of rotatable bonds is 3. The van der Waals surface area contributed by atoms with Gasteiger partial charge in [0, 0.05) is 20.0 Å². The normalized spacial score (nSPS) is 25.1. The average Bonchev–Trinajstić information content (AvgIpc) is 2.48. The van der Waals surface area contributed by atoms with E-state index in [1.165, 1.54) is 12.0 Å². The van der Waals surface area contributed by atoms with E-state index in [9.17, 15) is 9.59 Å². The molecule has 0 aromatic rings. The van der Waals surface area contributed by atoms with Crippen LogP contribution in [-0.2, 0) is 19.4 Å². The number of carbonyl (C=O) groups excluding carboxylic acids is 2. The molecule has 0 aromatic heterocycles. The van der Waals surface area contributed by atoms with Crippen LogP contribution in [0.1, 0.15) is 12.8 Å². The monoisotopic (exact) mass is 211 g/mol. The summed E-state index contributed by atoms with van der Waals surface area (Å²) in [6, 6.07) is 0. The number of hydrogen-bond acceptors (Lipinski definition) is 4. The van der Waals surface area contributed by atoms with Crippen molar-refractivity contribution in [2.45, 2.75) is 12.8 Å². The Morgan fingerprint density at radius 1 is 1.73 bits per heavy atom. The average molecular weight is 211 g/mol. The van der Waals surface area contributed by atoms with Gasteiger partial charge in [0.2, 0.25) is 5.91 Å². The standard InChI is InChI=1S/C10H13NO4/c1-4-5-10(9(13)15-14-3)6-7-11(2)8(10)12/h1H,5-7H2,2-3H3/t10-/m0/s1. The van der Waals surface area contributed by atoms with Crippen molar-refractivity contribution in [2.24, 2.45) is 5.41 Å². The zero-order valence-electron chi connectivity index (χ0n) is 8.78. The van der Waals surface area contributed by atoms with Crippen LogP contribution in [0, 0.1) is 17.8 Å². The maximum atomic E-state index is 11.8. The second kappa shape index (κ2) is 4.32. The van der Waals surface area contributed by atoms with E-state index in [4.69, 9.17) is 6.42 Å². The second-order valence-corrected chi connectivity index (χ2v) is 3.48. The number of hydrogen-bond donors (Lipinski definition) is 0. The van der Waals surface area contributed by atoms with E-state index in [0.717, 1.165) is 0 Å². The van der Waals surface area contributed by atoms with Crippen LogP contribution >= 0.6 is 0 Å². The summed E-state index contributed by atoms with van der Waals surface area (Å²) in [7, 11) is 2.84. The molecule has 82 valence electrons. The number of terminal acetylenes is 1. The Bertz CT molecular complexity index is 320. The molecule has 1 aliphatic heterocycles. The van der Waals surface area contributed by atoms with Crippen LogP contribution in [-0.4, -0.2) is 37.5 Å². The number of likely N-dealkylation sites (tertiary alicyclic amines) is 1. The van der Waals surface area contributed by atoms with E-state index in [1.807, 2.05) is 0 Å². The third kappa shape index (κ3) is 1.81. The molecule has 1 atom stereocenters. The van der Waals surface area contributed by atoms with Crippen LogP contribution in [0.15, 0.2) is 0 Å². The van der Waals surface area contributed by atoms with Crippen molar-refractivity contribution in [3.63, 3.8) is 0 Å². The molecule has 5 heteroatoms. The first-order valence-electron chi connectivity index (χ1n) is 4.52. The molecule has 0 unspecified atom stereocenters. The highest BCUT2D eigenvalue weighted by Crippen LogP contribution is 2.35. The Labute approximate surface area is 88.3 Å². The first kappa shape index (κ1) is 11.5. The van der Waals surface area contributed by atoms with Crippen molar-refractivity contribution in [3.8, 4) is 12.3 Å². The van der Waals surface area contributed by atoms with Crippen molar-refractivity contribution in [1.82, 2.24) is 4.90 Å². The van der Waals surface area contributed by atoms with Gasteiger partial charge in [-0.3, -0.25) is 9.68 Å². The van der Waals surface area contributed by atoms with Gasteiger partial charge in [-0.15, -0.1) is 12.3 Å². The summed E-state index contributed by atoms with van der Waals surface area (Å²) in [6.07, 6.45) is 5.58. The lowest BCUT2D eigenvalue weighted by Gasteiger charge is -2.20. The van der Waals surface area contributed by atoms with E-state index in [1.54, 1.807) is 7.05 Å². The minimum Gasteiger partial charge on any atom is -0.345 e. The van der Waals surface area contributed by atoms with Crippen molar-refractivity contribution in [2.75, 3.05) is 20.7 Å². The van der Waals surface area contributed by atoms with E-state index in [2.05, 4.69) is 15.7 Å². The predicted octanol–water partition coefficient (Wildman–Crippen LogP) is -0.0372. The van der Waals surface area contributed by atoms with Gasteiger partial charge in [0.25, 0.3) is 0 Å². The van der Waals surface area contributed by atoms with Gasteiger partial charge >= 0.3 is 5.97 Å². The molecule has 0 N–H and O–H groups in total. The van der Waals surface area contributed by atoms with Gasteiger partial charge in [-0.1, -0.05) is 0 Å². The first-order chi connectivity index (χ1) is 7.08. The van der Waals surface area contributed by atoms with Crippen LogP contribution in [0.5, 0.6) is 0 Å². The zero-order chi connectivity index (χ0) is 11.5. The summed E-state index contributed by atoms with van der Waals surface area (Å²) in [6.45, 7) is 0.499. The number of carbonyl (C=O) groups is 2. The van der Waals surface area contributed by atoms with Crippen LogP contribution < -0.4 is 0 Å². The fraction of sp³-hybridized carbons (Fsp3) is 0.600. The van der Waals surface area contributed by atoms with Gasteiger partial charge in [0.15, 0.2) is 5.41 Å². The molecule has 1 fully saturated rings. The van der Waals surface area contributed by atoms with Gasteiger partial charge in [-0.2, -0.15) is 4.89 Å². The van der Waals surface area contributed by atoms with Crippen LogP contribution in [0.2, 0.25) is 0 Å². The summed E-state index contributed by atoms with van der Waals surface area (Å²) >= 11 is 0. The molecule has 0 aromatic carbocycles. The SMILES string of the molecule is C#CC[C@]1(C(=O)OOC)CCN(C)C1=O. The maximum Gasteiger partial charge on any atom is 0.358 e. The lowest BCUT2D eigenvalue weighted by Crippen LogP contribution is -2.40. The maximum absolute atomic E-state index is 11.8. The minimum absolute atomic E-state index is 0.0400. The molecule has 0 bridgehead atoms. The fourth-order valence-electron chi connectivity index (χ4n) is 1.69. The molecule has 1 rings (SSSR count). The zero-order valence-corrected chi connectivity index (χ0v) is 8.78. The highest BCUT2D eigenvalue weighted by Gasteiger charge is 2.53. The lowest BCUT2D eigenvalue weighted by atomic mass is 9.83. The Hall–Kier alpha value is -1.54. The Kier molecular flexibility index (Phi) is 3.32. The van der Waals surface area contributed by atoms with Crippen molar-refractivity contribution < 1.29 is 19.4 Å². The van der Waals surface area contributed by atoms with Gasteiger partial charge < -0.3 is 4.90 Å². The molecule has 1 heterocycles. The van der Waals surface area contributed by atoms with Crippen LogP contribution in [0.25, 0.3) is 0 Å². The summed E-state index contributed by atoms with van der Waals surface area (Å²) in [5, 5.41) is 0. The molecule has 1 amide bonds. The Morgan fingerprint density at radius 3 is 2.80 bits per heavy atom. The Balaban J connectivity index is 2.95. The van der Waals surface area contributed by atoms with E-state index in [0.29, 0.717) is 13.0 Å².